The van der Waals surface area contributed by atoms with Crippen molar-refractivity contribution < 1.29 is 4.79 Å². The summed E-state index contributed by atoms with van der Waals surface area (Å²) in [6.45, 7) is 0.495. The Morgan fingerprint density at radius 2 is 1.94 bits per heavy atom. The van der Waals surface area contributed by atoms with Crippen LogP contribution in [-0.4, -0.2) is 27.2 Å². The van der Waals surface area contributed by atoms with Gasteiger partial charge in [0.05, 0.1) is 0 Å². The van der Waals surface area contributed by atoms with E-state index in [1.54, 1.807) is 0 Å². The van der Waals surface area contributed by atoms with Gasteiger partial charge in [0, 0.05) is 17.8 Å². The summed E-state index contributed by atoms with van der Waals surface area (Å²) < 4.78 is 0. The zero-order valence-corrected chi connectivity index (χ0v) is 11.1. The number of anilines is 2. The molecule has 1 unspecified atom stereocenters. The fraction of sp³-hybridized carbons (Fsp3) is 0.375. The van der Waals surface area contributed by atoms with Crippen LogP contribution in [0.1, 0.15) is 6.42 Å². The Morgan fingerprint density at radius 1 is 1.38 bits per heavy atom. The van der Waals surface area contributed by atoms with Crippen molar-refractivity contribution in [3.63, 3.8) is 0 Å². The molecule has 2 heterocycles. The van der Waals surface area contributed by atoms with Crippen molar-refractivity contribution in [3.8, 4) is 0 Å². The molecule has 5 nitrogen and oxygen atoms in total. The number of nitrogen functional groups attached to an aromatic ring is 1. The predicted molar refractivity (Wildman–Crippen MR) is 66.1 cm³/mol. The molecule has 0 aliphatic carbocycles. The fourth-order valence-electron chi connectivity index (χ4n) is 1.38. The number of alkyl halides is 1. The molecule has 1 aromatic rings. The maximum Gasteiger partial charge on any atom is 0.235 e. The molecule has 1 aliphatic rings. The number of amides is 1. The molecule has 1 aliphatic heterocycles. The Bertz CT molecular complexity index is 433. The van der Waals surface area contributed by atoms with Gasteiger partial charge in [-0.2, -0.15) is 9.97 Å². The molecule has 1 atom stereocenters. The first-order chi connectivity index (χ1) is 7.49. The minimum Gasteiger partial charge on any atom is -0.394 e. The minimum absolute atomic E-state index is 0.0563. The number of nitrogens with two attached hydrogens (primary N) is 1. The van der Waals surface area contributed by atoms with E-state index in [-0.39, 0.29) is 32.7 Å². The molecule has 1 fully saturated rings. The lowest BCUT2D eigenvalue weighted by Gasteiger charge is -2.14. The van der Waals surface area contributed by atoms with E-state index in [1.807, 2.05) is 0 Å². The van der Waals surface area contributed by atoms with E-state index in [1.165, 1.54) is 4.90 Å². The summed E-state index contributed by atoms with van der Waals surface area (Å²) in [5.41, 5.74) is 5.63. The largest absolute Gasteiger partial charge is 0.394 e. The molecule has 86 valence electrons. The van der Waals surface area contributed by atoms with Crippen molar-refractivity contribution in [1.29, 1.82) is 0 Å². The average molecular weight is 326 g/mol. The molecule has 2 N–H and O–H groups in total. The first-order valence-corrected chi connectivity index (χ1v) is 6.09. The third kappa shape index (κ3) is 2.09. The Balaban J connectivity index is 2.38. The molecule has 0 bridgehead atoms. The molecule has 0 spiro atoms. The molecule has 1 amide bonds. The summed E-state index contributed by atoms with van der Waals surface area (Å²) in [6.07, 6.45) is 0.406. The van der Waals surface area contributed by atoms with Crippen LogP contribution < -0.4 is 10.6 Å². The molecule has 0 saturated carbocycles. The zero-order valence-electron chi connectivity index (χ0n) is 7.95. The van der Waals surface area contributed by atoms with E-state index in [9.17, 15) is 4.79 Å². The van der Waals surface area contributed by atoms with E-state index in [4.69, 9.17) is 28.9 Å². The standard InChI is InChI=1S/C8H7BrCl2N4O/c9-3-1-4(16)15(2-3)8-13-6(10)5(12)7(11)14-8/h3H,1-2,12H2. The van der Waals surface area contributed by atoms with Gasteiger partial charge in [-0.3, -0.25) is 9.69 Å². The molecule has 0 radical (unpaired) electrons. The third-order valence-electron chi connectivity index (χ3n) is 2.16. The SMILES string of the molecule is Nc1c(Cl)nc(N2CC(Br)CC2=O)nc1Cl. The van der Waals surface area contributed by atoms with Crippen LogP contribution in [0.25, 0.3) is 0 Å². The Labute approximate surface area is 110 Å². The summed E-state index contributed by atoms with van der Waals surface area (Å²) in [4.78, 5) is 21.0. The number of carbonyl (C=O) groups excluding carboxylic acids is 1. The number of nitrogens with zero attached hydrogens (tertiary/aromatic N) is 3. The number of rotatable bonds is 1. The van der Waals surface area contributed by atoms with E-state index in [0.717, 1.165) is 0 Å². The van der Waals surface area contributed by atoms with E-state index >= 15 is 0 Å². The molecule has 2 rings (SSSR count). The highest BCUT2D eigenvalue weighted by Gasteiger charge is 2.31. The van der Waals surface area contributed by atoms with Crippen LogP contribution >= 0.6 is 39.1 Å². The molecule has 16 heavy (non-hydrogen) atoms. The summed E-state index contributed by atoms with van der Waals surface area (Å²) in [7, 11) is 0. The fourth-order valence-corrected chi connectivity index (χ4v) is 2.33. The maximum absolute atomic E-state index is 11.6. The quantitative estimate of drug-likeness (QED) is 0.632. The number of hydrogen-bond donors (Lipinski definition) is 1. The molecular weight excluding hydrogens is 319 g/mol. The van der Waals surface area contributed by atoms with Gasteiger partial charge < -0.3 is 5.73 Å². The molecule has 8 heteroatoms. The lowest BCUT2D eigenvalue weighted by Crippen LogP contribution is -2.27. The van der Waals surface area contributed by atoms with Gasteiger partial charge in [-0.25, -0.2) is 0 Å². The monoisotopic (exact) mass is 324 g/mol. The van der Waals surface area contributed by atoms with Gasteiger partial charge in [0.2, 0.25) is 11.9 Å². The minimum atomic E-state index is -0.0706. The van der Waals surface area contributed by atoms with Crippen LogP contribution in [0.5, 0.6) is 0 Å². The second-order valence-electron chi connectivity index (χ2n) is 3.32. The molecule has 0 aromatic carbocycles. The average Bonchev–Trinajstić information content (AvgIpc) is 2.53. The van der Waals surface area contributed by atoms with Crippen molar-refractivity contribution >= 4 is 56.7 Å². The van der Waals surface area contributed by atoms with Crippen molar-refractivity contribution in [2.45, 2.75) is 11.2 Å². The summed E-state index contributed by atoms with van der Waals surface area (Å²) in [5.74, 6) is 0.120. The topological polar surface area (TPSA) is 72.1 Å². The number of hydrogen-bond acceptors (Lipinski definition) is 4. The van der Waals surface area contributed by atoms with Gasteiger partial charge in [0.15, 0.2) is 10.3 Å². The Kier molecular flexibility index (Phi) is 3.23. The van der Waals surface area contributed by atoms with Crippen molar-refractivity contribution in [2.24, 2.45) is 0 Å². The van der Waals surface area contributed by atoms with Crippen LogP contribution in [0.3, 0.4) is 0 Å². The smallest absolute Gasteiger partial charge is 0.235 e. The van der Waals surface area contributed by atoms with Crippen LogP contribution in [0.15, 0.2) is 0 Å². The Morgan fingerprint density at radius 3 is 2.38 bits per heavy atom. The van der Waals surface area contributed by atoms with Crippen molar-refractivity contribution in [2.75, 3.05) is 17.2 Å². The second-order valence-corrected chi connectivity index (χ2v) is 5.34. The molecule has 1 aromatic heterocycles. The first-order valence-electron chi connectivity index (χ1n) is 4.42. The van der Waals surface area contributed by atoms with Gasteiger partial charge in [-0.15, -0.1) is 0 Å². The second kappa shape index (κ2) is 4.35. The van der Waals surface area contributed by atoms with Gasteiger partial charge in [-0.05, 0) is 0 Å². The summed E-state index contributed by atoms with van der Waals surface area (Å²) >= 11 is 14.9. The van der Waals surface area contributed by atoms with Crippen LogP contribution in [0.2, 0.25) is 10.3 Å². The van der Waals surface area contributed by atoms with Crippen molar-refractivity contribution in [3.05, 3.63) is 10.3 Å². The molecule has 1 saturated heterocycles. The zero-order chi connectivity index (χ0) is 11.9. The Hall–Kier alpha value is -0.590. The van der Waals surface area contributed by atoms with Crippen LogP contribution in [-0.2, 0) is 4.79 Å². The van der Waals surface area contributed by atoms with Gasteiger partial charge in [0.1, 0.15) is 5.69 Å². The van der Waals surface area contributed by atoms with E-state index in [2.05, 4.69) is 25.9 Å². The van der Waals surface area contributed by atoms with Gasteiger partial charge >= 0.3 is 0 Å². The van der Waals surface area contributed by atoms with Gasteiger partial charge in [0.25, 0.3) is 0 Å². The number of aromatic nitrogens is 2. The van der Waals surface area contributed by atoms with E-state index in [0.29, 0.717) is 13.0 Å². The summed E-state index contributed by atoms with van der Waals surface area (Å²) in [6, 6.07) is 0. The number of halogens is 3. The van der Waals surface area contributed by atoms with Crippen LogP contribution in [0, 0.1) is 0 Å². The third-order valence-corrected chi connectivity index (χ3v) is 3.35. The number of carbonyl (C=O) groups is 1. The van der Waals surface area contributed by atoms with Crippen LogP contribution in [0.4, 0.5) is 11.6 Å². The normalized spacial score (nSPS) is 20.6. The highest BCUT2D eigenvalue weighted by atomic mass is 79.9. The lowest BCUT2D eigenvalue weighted by molar-refractivity contribution is -0.117. The van der Waals surface area contributed by atoms with Crippen molar-refractivity contribution in [1.82, 2.24) is 9.97 Å². The summed E-state index contributed by atoms with van der Waals surface area (Å²) in [5, 5.41) is 0.113. The van der Waals surface area contributed by atoms with E-state index < -0.39 is 0 Å². The highest BCUT2D eigenvalue weighted by Crippen LogP contribution is 2.29. The predicted octanol–water partition coefficient (Wildman–Crippen LogP) is 1.87. The maximum atomic E-state index is 11.6. The highest BCUT2D eigenvalue weighted by molar-refractivity contribution is 9.09. The lowest BCUT2D eigenvalue weighted by atomic mass is 10.4. The molecular formula is C8H7BrCl2N4O. The van der Waals surface area contributed by atoms with Gasteiger partial charge in [-0.1, -0.05) is 39.1 Å². The first kappa shape index (κ1) is 11.9.